The highest BCUT2D eigenvalue weighted by molar-refractivity contribution is 7.48. The van der Waals surface area contributed by atoms with Gasteiger partial charge in [0, 0.05) is 23.3 Å². The van der Waals surface area contributed by atoms with Crippen molar-refractivity contribution in [1.82, 2.24) is 0 Å². The van der Waals surface area contributed by atoms with Gasteiger partial charge in [0.05, 0.1) is 18.6 Å². The Bertz CT molecular complexity index is 1280. The van der Waals surface area contributed by atoms with Gasteiger partial charge in [-0.1, -0.05) is 48.5 Å². The number of benzene rings is 3. The molecule has 4 rings (SSSR count). The molecule has 0 amide bonds. The van der Waals surface area contributed by atoms with Gasteiger partial charge in [0.2, 0.25) is 5.69 Å². The van der Waals surface area contributed by atoms with Crippen molar-refractivity contribution < 1.29 is 22.7 Å². The second kappa shape index (κ2) is 9.26. The molecule has 0 saturated carbocycles. The Morgan fingerprint density at radius 2 is 1.58 bits per heavy atom. The van der Waals surface area contributed by atoms with Crippen molar-refractivity contribution in [2.45, 2.75) is 33.1 Å². The van der Waals surface area contributed by atoms with E-state index in [9.17, 15) is 4.57 Å². The highest BCUT2D eigenvalue weighted by atomic mass is 31.2. The Morgan fingerprint density at radius 3 is 2.27 bits per heavy atom. The van der Waals surface area contributed by atoms with E-state index in [-0.39, 0.29) is 18.6 Å². The maximum atomic E-state index is 13.1. The maximum Gasteiger partial charge on any atom is 0.530 e. The van der Waals surface area contributed by atoms with Crippen LogP contribution >= 0.6 is 7.82 Å². The van der Waals surface area contributed by atoms with Crippen LogP contribution in [0.5, 0.6) is 5.75 Å². The molecule has 0 spiro atoms. The molecule has 0 N–H and O–H groups in total. The van der Waals surface area contributed by atoms with Gasteiger partial charge >= 0.3 is 7.82 Å². The summed E-state index contributed by atoms with van der Waals surface area (Å²) in [4.78, 5) is 0. The van der Waals surface area contributed by atoms with Gasteiger partial charge in [-0.05, 0) is 50.6 Å². The Balaban J connectivity index is 1.82. The fourth-order valence-corrected chi connectivity index (χ4v) is 5.73. The van der Waals surface area contributed by atoms with Gasteiger partial charge in [-0.3, -0.25) is 9.05 Å². The first-order valence-corrected chi connectivity index (χ1v) is 12.8. The van der Waals surface area contributed by atoms with E-state index in [2.05, 4.69) is 61.9 Å². The number of allylic oxidation sites excluding steroid dienone is 1. The molecule has 0 radical (unpaired) electrons. The molecule has 1 aliphatic heterocycles. The summed E-state index contributed by atoms with van der Waals surface area (Å²) in [6.07, 6.45) is 4.17. The maximum absolute atomic E-state index is 13.1. The minimum atomic E-state index is -3.73. The number of phosphoric ester groups is 1. The van der Waals surface area contributed by atoms with Crippen LogP contribution in [0, 0.1) is 0 Å². The van der Waals surface area contributed by atoms with Gasteiger partial charge in [-0.2, -0.15) is 4.58 Å². The van der Waals surface area contributed by atoms with Crippen molar-refractivity contribution in [2.75, 3.05) is 20.3 Å². The fourth-order valence-electron chi connectivity index (χ4n) is 4.52. The van der Waals surface area contributed by atoms with E-state index < -0.39 is 7.82 Å². The van der Waals surface area contributed by atoms with Crippen LogP contribution in [0.2, 0.25) is 0 Å². The predicted octanol–water partition coefficient (Wildman–Crippen LogP) is 7.12. The predicted molar refractivity (Wildman–Crippen MR) is 135 cm³/mol. The van der Waals surface area contributed by atoms with Gasteiger partial charge < -0.3 is 4.52 Å². The summed E-state index contributed by atoms with van der Waals surface area (Å²) >= 11 is 0. The van der Waals surface area contributed by atoms with Crippen LogP contribution in [0.15, 0.2) is 66.7 Å². The standard InChI is InChI=1S/C27H31NO4P/c1-6-30-33(29,31-7-2)32-25-18-16-20-12-8-9-13-21(20)22(25)17-19-26-27(3,4)23-14-10-11-15-24(23)28(26)5/h8-19H,6-7H2,1-5H3/q+1. The van der Waals surface area contributed by atoms with Crippen molar-refractivity contribution in [3.05, 3.63) is 77.9 Å². The molecular formula is C27H31NO4P+. The molecule has 5 nitrogen and oxygen atoms in total. The second-order valence-electron chi connectivity index (χ2n) is 8.49. The van der Waals surface area contributed by atoms with E-state index >= 15 is 0 Å². The molecule has 172 valence electrons. The van der Waals surface area contributed by atoms with Crippen LogP contribution in [-0.2, 0) is 19.0 Å². The Hall–Kier alpha value is -2.72. The van der Waals surface area contributed by atoms with Gasteiger partial charge in [0.25, 0.3) is 0 Å². The minimum Gasteiger partial charge on any atom is -0.403 e. The van der Waals surface area contributed by atoms with Crippen LogP contribution in [0.3, 0.4) is 0 Å². The third kappa shape index (κ3) is 4.41. The Kier molecular flexibility index (Phi) is 6.58. The summed E-state index contributed by atoms with van der Waals surface area (Å²) in [7, 11) is -1.64. The van der Waals surface area contributed by atoms with Crippen molar-refractivity contribution in [2.24, 2.45) is 0 Å². The van der Waals surface area contributed by atoms with Gasteiger partial charge in [0.1, 0.15) is 12.8 Å². The quantitative estimate of drug-likeness (QED) is 0.263. The molecule has 3 aromatic rings. The molecule has 0 atom stereocenters. The van der Waals surface area contributed by atoms with Crippen LogP contribution < -0.4 is 4.52 Å². The van der Waals surface area contributed by atoms with Gasteiger partial charge in [0.15, 0.2) is 5.71 Å². The zero-order chi connectivity index (χ0) is 23.6. The van der Waals surface area contributed by atoms with E-state index in [4.69, 9.17) is 13.6 Å². The molecule has 0 bridgehead atoms. The molecule has 0 aliphatic carbocycles. The summed E-state index contributed by atoms with van der Waals surface area (Å²) in [5.41, 5.74) is 4.34. The van der Waals surface area contributed by atoms with E-state index in [0.717, 1.165) is 16.3 Å². The highest BCUT2D eigenvalue weighted by Gasteiger charge is 2.42. The number of para-hydroxylation sites is 1. The van der Waals surface area contributed by atoms with Crippen molar-refractivity contribution in [1.29, 1.82) is 0 Å². The summed E-state index contributed by atoms with van der Waals surface area (Å²) in [5, 5.41) is 2.07. The lowest BCUT2D eigenvalue weighted by atomic mass is 9.81. The minimum absolute atomic E-state index is 0.153. The second-order valence-corrected chi connectivity index (χ2v) is 10.1. The third-order valence-electron chi connectivity index (χ3n) is 6.06. The number of fused-ring (bicyclic) bond motifs is 2. The van der Waals surface area contributed by atoms with E-state index in [1.165, 1.54) is 17.0 Å². The number of hydrogen-bond acceptors (Lipinski definition) is 4. The smallest absolute Gasteiger partial charge is 0.403 e. The lowest BCUT2D eigenvalue weighted by Crippen LogP contribution is -2.26. The molecule has 0 unspecified atom stereocenters. The number of rotatable bonds is 8. The van der Waals surface area contributed by atoms with Crippen LogP contribution in [-0.4, -0.2) is 30.5 Å². The van der Waals surface area contributed by atoms with E-state index in [1.54, 1.807) is 13.8 Å². The summed E-state index contributed by atoms with van der Waals surface area (Å²) in [5.74, 6) is 0.465. The van der Waals surface area contributed by atoms with Crippen LogP contribution in [0.4, 0.5) is 5.69 Å². The molecular weight excluding hydrogens is 433 g/mol. The molecule has 0 aromatic heterocycles. The monoisotopic (exact) mass is 464 g/mol. The normalized spacial score (nSPS) is 15.4. The molecule has 0 saturated heterocycles. The van der Waals surface area contributed by atoms with Crippen molar-refractivity contribution in [3.8, 4) is 5.75 Å². The van der Waals surface area contributed by atoms with Crippen LogP contribution in [0.25, 0.3) is 16.8 Å². The van der Waals surface area contributed by atoms with Gasteiger partial charge in [-0.15, -0.1) is 0 Å². The first kappa shape index (κ1) is 23.4. The van der Waals surface area contributed by atoms with Crippen LogP contribution in [0.1, 0.15) is 38.8 Å². The molecule has 3 aromatic carbocycles. The fraction of sp³-hybridized carbons (Fsp3) is 0.296. The summed E-state index contributed by atoms with van der Waals surface area (Å²) in [6.45, 7) is 8.45. The average Bonchev–Trinajstić information content (AvgIpc) is 2.99. The number of nitrogens with zero attached hydrogens (tertiary/aromatic N) is 1. The lowest BCUT2D eigenvalue weighted by Gasteiger charge is -2.19. The zero-order valence-electron chi connectivity index (χ0n) is 19.9. The summed E-state index contributed by atoms with van der Waals surface area (Å²) in [6, 6.07) is 20.3. The Morgan fingerprint density at radius 1 is 0.909 bits per heavy atom. The molecule has 1 heterocycles. The van der Waals surface area contributed by atoms with Crippen molar-refractivity contribution >= 4 is 36.1 Å². The molecule has 0 fully saturated rings. The van der Waals surface area contributed by atoms with Gasteiger partial charge in [-0.25, -0.2) is 4.57 Å². The first-order valence-electron chi connectivity index (χ1n) is 11.3. The highest BCUT2D eigenvalue weighted by Crippen LogP contribution is 2.51. The summed E-state index contributed by atoms with van der Waals surface area (Å²) < 4.78 is 32.0. The topological polar surface area (TPSA) is 47.8 Å². The Labute approximate surface area is 195 Å². The van der Waals surface area contributed by atoms with E-state index in [0.29, 0.717) is 5.75 Å². The molecule has 1 aliphatic rings. The van der Waals surface area contributed by atoms with E-state index in [1.807, 2.05) is 36.4 Å². The largest absolute Gasteiger partial charge is 0.530 e. The number of hydrogen-bond donors (Lipinski definition) is 0. The third-order valence-corrected chi connectivity index (χ3v) is 7.63. The molecule has 33 heavy (non-hydrogen) atoms. The number of phosphoric acid groups is 1. The molecule has 6 heteroatoms. The SMILES string of the molecule is CCOP(=O)(OCC)Oc1ccc2ccccc2c1C=CC1=[N+](C)c2ccccc2C1(C)C. The zero-order valence-corrected chi connectivity index (χ0v) is 20.8. The lowest BCUT2D eigenvalue weighted by molar-refractivity contribution is -0.401. The van der Waals surface area contributed by atoms with Crippen molar-refractivity contribution in [3.63, 3.8) is 0 Å². The average molecular weight is 465 g/mol. The first-order chi connectivity index (χ1) is 15.8.